The maximum Gasteiger partial charge on any atom is 0.416 e. The molecule has 30 heavy (non-hydrogen) atoms. The summed E-state index contributed by atoms with van der Waals surface area (Å²) in [6, 6.07) is 7.10. The number of carbonyl (C=O) groups is 1. The Kier molecular flexibility index (Phi) is 4.98. The lowest BCUT2D eigenvalue weighted by Gasteiger charge is -2.14. The van der Waals surface area contributed by atoms with Crippen molar-refractivity contribution in [3.05, 3.63) is 76.1 Å². The van der Waals surface area contributed by atoms with Crippen LogP contribution in [0, 0.1) is 0 Å². The number of halogens is 4. The van der Waals surface area contributed by atoms with E-state index in [2.05, 4.69) is 5.16 Å². The number of rotatable bonds is 5. The van der Waals surface area contributed by atoms with Crippen LogP contribution in [0.25, 0.3) is 0 Å². The highest BCUT2D eigenvalue weighted by molar-refractivity contribution is 7.91. The second-order valence-corrected chi connectivity index (χ2v) is 9.23. The van der Waals surface area contributed by atoms with Crippen molar-refractivity contribution in [3.8, 4) is 0 Å². The molecule has 156 valence electrons. The maximum absolute atomic E-state index is 13.3. The molecule has 1 saturated carbocycles. The fourth-order valence-corrected chi connectivity index (χ4v) is 4.86. The molecule has 5 nitrogen and oxygen atoms in total. The molecule has 2 aromatic carbocycles. The first kappa shape index (κ1) is 20.6. The first-order valence-electron chi connectivity index (χ1n) is 8.80. The number of benzene rings is 2. The largest absolute Gasteiger partial charge is 0.416 e. The summed E-state index contributed by atoms with van der Waals surface area (Å²) in [5.74, 6) is -0.465. The van der Waals surface area contributed by atoms with E-state index in [1.54, 1.807) is 0 Å². The fourth-order valence-electron chi connectivity index (χ4n) is 3.07. The average molecular weight is 456 g/mol. The van der Waals surface area contributed by atoms with E-state index in [0.29, 0.717) is 17.9 Å². The van der Waals surface area contributed by atoms with Crippen LogP contribution in [-0.4, -0.2) is 19.4 Å². The lowest BCUT2D eigenvalue weighted by Crippen LogP contribution is -2.14. The number of hydrogen-bond donors (Lipinski definition) is 0. The molecule has 1 fully saturated rings. The fraction of sp³-hybridized carbons (Fsp3) is 0.200. The minimum absolute atomic E-state index is 0.00566. The van der Waals surface area contributed by atoms with Gasteiger partial charge in [-0.2, -0.15) is 13.2 Å². The van der Waals surface area contributed by atoms with Gasteiger partial charge in [-0.1, -0.05) is 22.8 Å². The Labute approximate surface area is 174 Å². The maximum atomic E-state index is 13.3. The zero-order valence-electron chi connectivity index (χ0n) is 15.1. The highest BCUT2D eigenvalue weighted by Crippen LogP contribution is 2.42. The van der Waals surface area contributed by atoms with Crippen LogP contribution in [0.3, 0.4) is 0 Å². The van der Waals surface area contributed by atoms with Crippen LogP contribution >= 0.6 is 11.6 Å². The average Bonchev–Trinajstić information content (AvgIpc) is 3.42. The Balaban J connectivity index is 1.91. The molecule has 1 aromatic heterocycles. The Morgan fingerprint density at radius 3 is 2.47 bits per heavy atom. The third kappa shape index (κ3) is 3.75. The first-order valence-corrected chi connectivity index (χ1v) is 10.7. The number of alkyl halides is 3. The summed E-state index contributed by atoms with van der Waals surface area (Å²) < 4.78 is 71.3. The van der Waals surface area contributed by atoms with E-state index in [0.717, 1.165) is 31.2 Å². The quantitative estimate of drug-likeness (QED) is 0.489. The SMILES string of the molecule is O=C(c1ccc(C(F)(F)F)cc1S(=O)(=O)c1cccc(Cl)c1)c1cnoc1C1CC1. The van der Waals surface area contributed by atoms with Crippen LogP contribution in [-0.2, 0) is 16.0 Å². The Hall–Kier alpha value is -2.65. The molecule has 10 heteroatoms. The van der Waals surface area contributed by atoms with Crippen LogP contribution in [0.5, 0.6) is 0 Å². The summed E-state index contributed by atoms with van der Waals surface area (Å²) >= 11 is 5.86. The minimum atomic E-state index is -4.80. The van der Waals surface area contributed by atoms with Gasteiger partial charge in [-0.05, 0) is 49.2 Å². The minimum Gasteiger partial charge on any atom is -0.360 e. The van der Waals surface area contributed by atoms with Crippen molar-refractivity contribution in [2.75, 3.05) is 0 Å². The van der Waals surface area contributed by atoms with Crippen LogP contribution in [0.2, 0.25) is 5.02 Å². The normalized spacial score (nSPS) is 14.7. The molecule has 0 radical (unpaired) electrons. The Morgan fingerprint density at radius 1 is 1.10 bits per heavy atom. The first-order chi connectivity index (χ1) is 14.1. The van der Waals surface area contributed by atoms with Gasteiger partial charge in [0.2, 0.25) is 9.84 Å². The van der Waals surface area contributed by atoms with Gasteiger partial charge in [0, 0.05) is 16.5 Å². The lowest BCUT2D eigenvalue weighted by molar-refractivity contribution is -0.137. The second kappa shape index (κ2) is 7.24. The third-order valence-corrected chi connectivity index (χ3v) is 6.77. The number of carbonyl (C=O) groups excluding carboxylic acids is 1. The zero-order valence-corrected chi connectivity index (χ0v) is 16.7. The molecule has 3 aromatic rings. The van der Waals surface area contributed by atoms with Crippen molar-refractivity contribution in [2.24, 2.45) is 0 Å². The van der Waals surface area contributed by atoms with E-state index in [9.17, 15) is 26.4 Å². The molecule has 0 unspecified atom stereocenters. The molecule has 0 spiro atoms. The molecule has 0 aliphatic heterocycles. The van der Waals surface area contributed by atoms with E-state index in [4.69, 9.17) is 16.1 Å². The van der Waals surface area contributed by atoms with Crippen LogP contribution in [0.1, 0.15) is 46.0 Å². The number of nitrogens with zero attached hydrogens (tertiary/aromatic N) is 1. The van der Waals surface area contributed by atoms with Crippen LogP contribution in [0.15, 0.2) is 63.0 Å². The predicted molar refractivity (Wildman–Crippen MR) is 100 cm³/mol. The highest BCUT2D eigenvalue weighted by Gasteiger charge is 2.37. The van der Waals surface area contributed by atoms with Crippen molar-refractivity contribution in [1.82, 2.24) is 5.16 Å². The predicted octanol–water partition coefficient (Wildman–Crippen LogP) is 5.29. The van der Waals surface area contributed by atoms with Gasteiger partial charge in [0.1, 0.15) is 0 Å². The summed E-state index contributed by atoms with van der Waals surface area (Å²) in [6.45, 7) is 0. The molecule has 0 amide bonds. The Morgan fingerprint density at radius 2 is 1.83 bits per heavy atom. The van der Waals surface area contributed by atoms with E-state index in [1.165, 1.54) is 18.2 Å². The van der Waals surface area contributed by atoms with Gasteiger partial charge in [-0.25, -0.2) is 8.42 Å². The smallest absolute Gasteiger partial charge is 0.360 e. The van der Waals surface area contributed by atoms with Crippen molar-refractivity contribution in [3.63, 3.8) is 0 Å². The number of sulfone groups is 1. The van der Waals surface area contributed by atoms with Crippen LogP contribution in [0.4, 0.5) is 13.2 Å². The monoisotopic (exact) mass is 455 g/mol. The van der Waals surface area contributed by atoms with Crippen molar-refractivity contribution in [2.45, 2.75) is 34.7 Å². The summed E-state index contributed by atoms with van der Waals surface area (Å²) in [5, 5.41) is 3.69. The molecule has 0 atom stereocenters. The summed E-state index contributed by atoms with van der Waals surface area (Å²) in [4.78, 5) is 12.0. The van der Waals surface area contributed by atoms with Gasteiger partial charge in [0.05, 0.1) is 27.1 Å². The van der Waals surface area contributed by atoms with Gasteiger partial charge in [0.25, 0.3) is 0 Å². The summed E-state index contributed by atoms with van der Waals surface area (Å²) in [7, 11) is -4.48. The third-order valence-electron chi connectivity index (χ3n) is 4.74. The second-order valence-electron chi connectivity index (χ2n) is 6.88. The Bertz CT molecular complexity index is 1250. The lowest BCUT2D eigenvalue weighted by atomic mass is 10.0. The van der Waals surface area contributed by atoms with Crippen molar-refractivity contribution < 1.29 is 30.9 Å². The van der Waals surface area contributed by atoms with E-state index in [1.807, 2.05) is 0 Å². The van der Waals surface area contributed by atoms with Gasteiger partial charge < -0.3 is 4.52 Å². The molecular weight excluding hydrogens is 443 g/mol. The van der Waals surface area contributed by atoms with Gasteiger partial charge in [-0.15, -0.1) is 0 Å². The molecule has 1 aliphatic rings. The summed E-state index contributed by atoms with van der Waals surface area (Å²) in [5.41, 5.74) is -1.54. The molecule has 0 bridgehead atoms. The standard InChI is InChI=1S/C20H13ClF3NO4S/c21-13-2-1-3-14(9-13)30(27,28)17-8-12(20(22,23)24)6-7-15(17)18(26)16-10-25-29-19(16)11-4-5-11/h1-3,6-11H,4-5H2. The van der Waals surface area contributed by atoms with Crippen LogP contribution < -0.4 is 0 Å². The molecular formula is C20H13ClF3NO4S. The number of aromatic nitrogens is 1. The van der Waals surface area contributed by atoms with Gasteiger partial charge >= 0.3 is 6.18 Å². The summed E-state index contributed by atoms with van der Waals surface area (Å²) in [6.07, 6.45) is -2.06. The van der Waals surface area contributed by atoms with Crippen molar-refractivity contribution >= 4 is 27.2 Å². The van der Waals surface area contributed by atoms with Gasteiger partial charge in [-0.3, -0.25) is 4.79 Å². The van der Waals surface area contributed by atoms with E-state index in [-0.39, 0.29) is 21.4 Å². The number of hydrogen-bond acceptors (Lipinski definition) is 5. The molecule has 1 aliphatic carbocycles. The molecule has 0 saturated heterocycles. The van der Waals surface area contributed by atoms with E-state index < -0.39 is 37.8 Å². The topological polar surface area (TPSA) is 77.2 Å². The molecule has 4 rings (SSSR count). The highest BCUT2D eigenvalue weighted by atomic mass is 35.5. The number of ketones is 1. The molecule has 0 N–H and O–H groups in total. The zero-order chi connectivity index (χ0) is 21.7. The van der Waals surface area contributed by atoms with E-state index >= 15 is 0 Å². The van der Waals surface area contributed by atoms with Gasteiger partial charge in [0.15, 0.2) is 11.5 Å². The molecule has 1 heterocycles. The van der Waals surface area contributed by atoms with Crippen molar-refractivity contribution in [1.29, 1.82) is 0 Å².